The Balaban J connectivity index is 1.99. The number of amidine groups is 1. The second kappa shape index (κ2) is 8.64. The van der Waals surface area contributed by atoms with Gasteiger partial charge in [-0.05, 0) is 68.4 Å². The highest BCUT2D eigenvalue weighted by atomic mass is 15.2. The minimum absolute atomic E-state index is 0.474. The molecule has 1 heterocycles. The maximum Gasteiger partial charge on any atom is 0.131 e. The Morgan fingerprint density at radius 3 is 2.79 bits per heavy atom. The number of nitrogens with one attached hydrogen (secondary N) is 1. The highest BCUT2D eigenvalue weighted by Crippen LogP contribution is 2.41. The van der Waals surface area contributed by atoms with Gasteiger partial charge in [0.05, 0.1) is 0 Å². The molecule has 0 radical (unpaired) electrons. The number of fused-ring (bicyclic) bond motifs is 1. The van der Waals surface area contributed by atoms with Crippen LogP contribution in [0.4, 0.5) is 11.4 Å². The fourth-order valence-corrected chi connectivity index (χ4v) is 3.96. The molecule has 1 unspecified atom stereocenters. The number of likely N-dealkylation sites (N-methyl/N-ethyl adjacent to an activating group) is 2. The third kappa shape index (κ3) is 3.84. The van der Waals surface area contributed by atoms with Crippen molar-refractivity contribution >= 4 is 22.8 Å². The monoisotopic (exact) mass is 375 g/mol. The van der Waals surface area contributed by atoms with E-state index in [4.69, 9.17) is 5.41 Å². The van der Waals surface area contributed by atoms with Gasteiger partial charge in [0.2, 0.25) is 0 Å². The van der Waals surface area contributed by atoms with Crippen LogP contribution in [0.5, 0.6) is 0 Å². The van der Waals surface area contributed by atoms with Crippen molar-refractivity contribution in [2.45, 2.75) is 46.5 Å². The van der Waals surface area contributed by atoms with Crippen LogP contribution in [0.25, 0.3) is 5.57 Å². The standard InChI is InChI=1S/C25H33N3/c1-6-18(3)22-16-19(4)28(7-2)24-15-14-21(17-23(22)24)27(5)25(26)20-12-10-8-9-11-13-20/h10,12-18,26H,4,6-9,11H2,1-3,5H3. The summed E-state index contributed by atoms with van der Waals surface area (Å²) in [6.45, 7) is 11.9. The van der Waals surface area contributed by atoms with Crippen LogP contribution in [0.15, 0.2) is 60.4 Å². The van der Waals surface area contributed by atoms with Crippen molar-refractivity contribution in [1.29, 1.82) is 5.41 Å². The van der Waals surface area contributed by atoms with Crippen molar-refractivity contribution in [1.82, 2.24) is 0 Å². The average molecular weight is 376 g/mol. The largest absolute Gasteiger partial charge is 0.342 e. The topological polar surface area (TPSA) is 30.3 Å². The van der Waals surface area contributed by atoms with Crippen molar-refractivity contribution < 1.29 is 0 Å². The SMILES string of the molecule is C=C1C=C(C(C)CC)c2cc(N(C)C(=N)C3=CCCCC=C3)ccc2N1CC. The van der Waals surface area contributed by atoms with Gasteiger partial charge in [0, 0.05) is 41.8 Å². The smallest absolute Gasteiger partial charge is 0.131 e. The van der Waals surface area contributed by atoms with Crippen molar-refractivity contribution in [2.75, 3.05) is 23.4 Å². The molecular formula is C25H33N3. The third-order valence-corrected chi connectivity index (χ3v) is 5.94. The van der Waals surface area contributed by atoms with E-state index in [1.165, 1.54) is 16.8 Å². The molecule has 0 aromatic heterocycles. The minimum Gasteiger partial charge on any atom is -0.342 e. The molecule has 148 valence electrons. The summed E-state index contributed by atoms with van der Waals surface area (Å²) in [5.41, 5.74) is 6.98. The Bertz CT molecular complexity index is 857. The Hall–Kier alpha value is -2.55. The number of benzene rings is 1. The molecule has 0 fully saturated rings. The van der Waals surface area contributed by atoms with Gasteiger partial charge in [0.25, 0.3) is 0 Å². The quantitative estimate of drug-likeness (QED) is 0.467. The van der Waals surface area contributed by atoms with Crippen molar-refractivity contribution in [3.63, 3.8) is 0 Å². The van der Waals surface area contributed by atoms with Gasteiger partial charge in [-0.3, -0.25) is 5.41 Å². The predicted octanol–water partition coefficient (Wildman–Crippen LogP) is 6.55. The summed E-state index contributed by atoms with van der Waals surface area (Å²) < 4.78 is 0. The van der Waals surface area contributed by atoms with Crippen LogP contribution in [0.3, 0.4) is 0 Å². The first-order chi connectivity index (χ1) is 13.5. The van der Waals surface area contributed by atoms with E-state index in [9.17, 15) is 0 Å². The lowest BCUT2D eigenvalue weighted by Gasteiger charge is -2.34. The lowest BCUT2D eigenvalue weighted by Crippen LogP contribution is -2.28. The van der Waals surface area contributed by atoms with E-state index in [2.05, 4.69) is 74.8 Å². The van der Waals surface area contributed by atoms with Crippen LogP contribution in [0.1, 0.15) is 52.0 Å². The number of hydrogen-bond acceptors (Lipinski definition) is 2. The zero-order valence-corrected chi connectivity index (χ0v) is 17.8. The normalized spacial score (nSPS) is 17.4. The second-order valence-electron chi connectivity index (χ2n) is 7.75. The summed E-state index contributed by atoms with van der Waals surface area (Å²) in [4.78, 5) is 4.27. The Kier molecular flexibility index (Phi) is 6.23. The molecule has 3 heteroatoms. The van der Waals surface area contributed by atoms with Gasteiger partial charge < -0.3 is 9.80 Å². The van der Waals surface area contributed by atoms with Gasteiger partial charge in [0.1, 0.15) is 5.84 Å². The van der Waals surface area contributed by atoms with Crippen LogP contribution < -0.4 is 9.80 Å². The van der Waals surface area contributed by atoms with Gasteiger partial charge in [-0.25, -0.2) is 0 Å². The first kappa shape index (κ1) is 20.2. The van der Waals surface area contributed by atoms with E-state index >= 15 is 0 Å². The van der Waals surface area contributed by atoms with Crippen LogP contribution in [0.2, 0.25) is 0 Å². The summed E-state index contributed by atoms with van der Waals surface area (Å²) in [6, 6.07) is 6.57. The summed E-state index contributed by atoms with van der Waals surface area (Å²) >= 11 is 0. The molecule has 0 saturated heterocycles. The molecule has 0 spiro atoms. The molecule has 1 aromatic rings. The van der Waals surface area contributed by atoms with Crippen LogP contribution >= 0.6 is 0 Å². The first-order valence-electron chi connectivity index (χ1n) is 10.5. The van der Waals surface area contributed by atoms with Crippen molar-refractivity contribution in [2.24, 2.45) is 5.92 Å². The average Bonchev–Trinajstić information content (AvgIpc) is 3.00. The summed E-state index contributed by atoms with van der Waals surface area (Å²) in [6.07, 6.45) is 13.1. The number of hydrogen-bond donors (Lipinski definition) is 1. The summed E-state index contributed by atoms with van der Waals surface area (Å²) in [7, 11) is 2.00. The number of rotatable bonds is 5. The molecular weight excluding hydrogens is 342 g/mol. The summed E-state index contributed by atoms with van der Waals surface area (Å²) in [5.74, 6) is 1.03. The van der Waals surface area contributed by atoms with Crippen LogP contribution in [-0.4, -0.2) is 19.4 Å². The highest BCUT2D eigenvalue weighted by molar-refractivity contribution is 6.09. The molecule has 2 aliphatic rings. The molecule has 1 aromatic carbocycles. The molecule has 1 atom stereocenters. The van der Waals surface area contributed by atoms with Gasteiger partial charge in [0.15, 0.2) is 0 Å². The molecule has 1 aliphatic carbocycles. The van der Waals surface area contributed by atoms with E-state index in [0.29, 0.717) is 11.8 Å². The van der Waals surface area contributed by atoms with Crippen molar-refractivity contribution in [3.05, 3.63) is 65.9 Å². The van der Waals surface area contributed by atoms with Gasteiger partial charge in [-0.1, -0.05) is 38.7 Å². The fourth-order valence-electron chi connectivity index (χ4n) is 3.96. The summed E-state index contributed by atoms with van der Waals surface area (Å²) in [5, 5.41) is 8.71. The maximum atomic E-state index is 8.71. The van der Waals surface area contributed by atoms with E-state index in [1.54, 1.807) is 0 Å². The molecule has 1 N–H and O–H groups in total. The number of nitrogens with zero attached hydrogens (tertiary/aromatic N) is 2. The third-order valence-electron chi connectivity index (χ3n) is 5.94. The Morgan fingerprint density at radius 1 is 1.29 bits per heavy atom. The lowest BCUT2D eigenvalue weighted by atomic mass is 9.87. The zero-order valence-electron chi connectivity index (χ0n) is 17.8. The van der Waals surface area contributed by atoms with E-state index in [0.717, 1.165) is 49.2 Å². The molecule has 1 aliphatic heterocycles. The highest BCUT2D eigenvalue weighted by Gasteiger charge is 2.24. The number of allylic oxidation sites excluding steroid dienone is 4. The van der Waals surface area contributed by atoms with Crippen LogP contribution in [0, 0.1) is 11.3 Å². The Morgan fingerprint density at radius 2 is 2.07 bits per heavy atom. The molecule has 3 rings (SSSR count). The Labute approximate surface area is 170 Å². The fraction of sp³-hybridized carbons (Fsp3) is 0.400. The first-order valence-corrected chi connectivity index (χ1v) is 10.5. The van der Waals surface area contributed by atoms with Gasteiger partial charge in [-0.2, -0.15) is 0 Å². The molecule has 0 bridgehead atoms. The zero-order chi connectivity index (χ0) is 20.3. The lowest BCUT2D eigenvalue weighted by molar-refractivity contribution is 0.714. The number of anilines is 2. The van der Waals surface area contributed by atoms with E-state index in [1.807, 2.05) is 11.9 Å². The van der Waals surface area contributed by atoms with Crippen molar-refractivity contribution in [3.8, 4) is 0 Å². The maximum absolute atomic E-state index is 8.71. The molecule has 0 saturated carbocycles. The minimum atomic E-state index is 0.474. The van der Waals surface area contributed by atoms with E-state index < -0.39 is 0 Å². The van der Waals surface area contributed by atoms with Crippen LogP contribution in [-0.2, 0) is 0 Å². The van der Waals surface area contributed by atoms with Gasteiger partial charge >= 0.3 is 0 Å². The van der Waals surface area contributed by atoms with Gasteiger partial charge in [-0.15, -0.1) is 0 Å². The molecule has 28 heavy (non-hydrogen) atoms. The second-order valence-corrected chi connectivity index (χ2v) is 7.75. The molecule has 0 amide bonds. The predicted molar refractivity (Wildman–Crippen MR) is 123 cm³/mol. The van der Waals surface area contributed by atoms with E-state index in [-0.39, 0.29) is 0 Å². The molecule has 3 nitrogen and oxygen atoms in total.